The van der Waals surface area contributed by atoms with Gasteiger partial charge in [0, 0.05) is 18.4 Å². The van der Waals surface area contributed by atoms with Gasteiger partial charge in [0.25, 0.3) is 0 Å². The molecule has 2 aliphatic rings. The highest BCUT2D eigenvalue weighted by molar-refractivity contribution is 5.76. The maximum Gasteiger partial charge on any atom is 0.220 e. The molecule has 4 nitrogen and oxygen atoms in total. The van der Waals surface area contributed by atoms with Crippen molar-refractivity contribution in [2.24, 2.45) is 11.3 Å². The lowest BCUT2D eigenvalue weighted by Crippen LogP contribution is -2.38. The Labute approximate surface area is 103 Å². The predicted octanol–water partition coefficient (Wildman–Crippen LogP) is 0.655. The maximum absolute atomic E-state index is 11.8. The summed E-state index contributed by atoms with van der Waals surface area (Å²) in [5.41, 5.74) is -0.0242. The SMILES string of the molecule is O=C(CC1CCNC1)NCC1(CO)CCCC1. The molecule has 1 heterocycles. The molecule has 0 radical (unpaired) electrons. The first-order valence-corrected chi connectivity index (χ1v) is 6.82. The molecular formula is C13H24N2O2. The van der Waals surface area contributed by atoms with Crippen molar-refractivity contribution in [2.45, 2.75) is 38.5 Å². The second-order valence-corrected chi connectivity index (χ2v) is 5.70. The molecule has 1 saturated carbocycles. The lowest BCUT2D eigenvalue weighted by Gasteiger charge is -2.26. The lowest BCUT2D eigenvalue weighted by atomic mass is 9.87. The Hall–Kier alpha value is -0.610. The van der Waals surface area contributed by atoms with Gasteiger partial charge in [-0.25, -0.2) is 0 Å². The second kappa shape index (κ2) is 5.83. The number of aliphatic hydroxyl groups is 1. The second-order valence-electron chi connectivity index (χ2n) is 5.70. The summed E-state index contributed by atoms with van der Waals surface area (Å²) in [4.78, 5) is 11.8. The summed E-state index contributed by atoms with van der Waals surface area (Å²) in [6, 6.07) is 0. The van der Waals surface area contributed by atoms with Gasteiger partial charge in [-0.05, 0) is 38.3 Å². The fourth-order valence-corrected chi connectivity index (χ4v) is 3.02. The van der Waals surface area contributed by atoms with Crippen molar-refractivity contribution < 1.29 is 9.90 Å². The minimum atomic E-state index is -0.0242. The summed E-state index contributed by atoms with van der Waals surface area (Å²) in [6.45, 7) is 2.87. The Morgan fingerprint density at radius 3 is 2.76 bits per heavy atom. The van der Waals surface area contributed by atoms with Crippen molar-refractivity contribution in [3.63, 3.8) is 0 Å². The van der Waals surface area contributed by atoms with Crippen LogP contribution in [0.2, 0.25) is 0 Å². The number of amides is 1. The molecule has 0 aromatic carbocycles. The standard InChI is InChI=1S/C13H24N2O2/c16-10-13(4-1-2-5-13)9-15-12(17)7-11-3-6-14-8-11/h11,14,16H,1-10H2,(H,15,17). The highest BCUT2D eigenvalue weighted by atomic mass is 16.3. The lowest BCUT2D eigenvalue weighted by molar-refractivity contribution is -0.122. The van der Waals surface area contributed by atoms with Gasteiger partial charge in [0.15, 0.2) is 0 Å². The first-order chi connectivity index (χ1) is 8.24. The van der Waals surface area contributed by atoms with E-state index in [1.807, 2.05) is 0 Å². The summed E-state index contributed by atoms with van der Waals surface area (Å²) in [7, 11) is 0. The minimum Gasteiger partial charge on any atom is -0.396 e. The number of hydrogen-bond acceptors (Lipinski definition) is 3. The molecule has 0 bridgehead atoms. The van der Waals surface area contributed by atoms with Crippen LogP contribution in [0.15, 0.2) is 0 Å². The van der Waals surface area contributed by atoms with Gasteiger partial charge in [0.05, 0.1) is 6.61 Å². The monoisotopic (exact) mass is 240 g/mol. The zero-order valence-corrected chi connectivity index (χ0v) is 10.5. The molecule has 3 N–H and O–H groups in total. The third kappa shape index (κ3) is 3.42. The Morgan fingerprint density at radius 1 is 1.41 bits per heavy atom. The number of carbonyl (C=O) groups excluding carboxylic acids is 1. The van der Waals surface area contributed by atoms with E-state index < -0.39 is 0 Å². The van der Waals surface area contributed by atoms with Crippen LogP contribution in [0.1, 0.15) is 38.5 Å². The van der Waals surface area contributed by atoms with E-state index >= 15 is 0 Å². The topological polar surface area (TPSA) is 61.4 Å². The summed E-state index contributed by atoms with van der Waals surface area (Å²) in [5.74, 6) is 0.655. The molecule has 0 aromatic rings. The molecule has 1 aliphatic heterocycles. The summed E-state index contributed by atoms with van der Waals surface area (Å²) in [6.07, 6.45) is 6.21. The van der Waals surface area contributed by atoms with Crippen molar-refractivity contribution in [1.82, 2.24) is 10.6 Å². The number of carbonyl (C=O) groups is 1. The van der Waals surface area contributed by atoms with Gasteiger partial charge in [0.1, 0.15) is 0 Å². The van der Waals surface area contributed by atoms with Crippen LogP contribution in [0.25, 0.3) is 0 Å². The van der Waals surface area contributed by atoms with Crippen LogP contribution in [-0.4, -0.2) is 37.3 Å². The quantitative estimate of drug-likeness (QED) is 0.661. The Bertz CT molecular complexity index is 256. The molecule has 2 fully saturated rings. The minimum absolute atomic E-state index is 0.0242. The molecule has 1 aliphatic carbocycles. The van der Waals surface area contributed by atoms with Crippen LogP contribution in [0.3, 0.4) is 0 Å². The fourth-order valence-electron chi connectivity index (χ4n) is 3.02. The summed E-state index contributed by atoms with van der Waals surface area (Å²) in [5, 5.41) is 15.7. The summed E-state index contributed by atoms with van der Waals surface area (Å²) >= 11 is 0. The molecule has 0 aromatic heterocycles. The predicted molar refractivity (Wildman–Crippen MR) is 66.6 cm³/mol. The molecule has 17 heavy (non-hydrogen) atoms. The smallest absolute Gasteiger partial charge is 0.220 e. The molecule has 2 rings (SSSR count). The van der Waals surface area contributed by atoms with E-state index in [9.17, 15) is 9.90 Å². The Morgan fingerprint density at radius 2 is 2.18 bits per heavy atom. The van der Waals surface area contributed by atoms with Crippen molar-refractivity contribution in [1.29, 1.82) is 0 Å². The van der Waals surface area contributed by atoms with E-state index in [-0.39, 0.29) is 17.9 Å². The molecule has 0 spiro atoms. The number of aliphatic hydroxyl groups excluding tert-OH is 1. The van der Waals surface area contributed by atoms with Crippen LogP contribution >= 0.6 is 0 Å². The number of hydrogen-bond donors (Lipinski definition) is 3. The average Bonchev–Trinajstić information content (AvgIpc) is 2.98. The van der Waals surface area contributed by atoms with Crippen molar-refractivity contribution in [2.75, 3.05) is 26.2 Å². The Kier molecular flexibility index (Phi) is 4.40. The zero-order chi connectivity index (χ0) is 12.1. The third-order valence-corrected chi connectivity index (χ3v) is 4.30. The van der Waals surface area contributed by atoms with Crippen LogP contribution in [0.4, 0.5) is 0 Å². The molecular weight excluding hydrogens is 216 g/mol. The molecule has 98 valence electrons. The molecule has 1 saturated heterocycles. The van der Waals surface area contributed by atoms with E-state index in [1.54, 1.807) is 0 Å². The molecule has 1 atom stereocenters. The molecule has 4 heteroatoms. The number of nitrogens with one attached hydrogen (secondary N) is 2. The average molecular weight is 240 g/mol. The Balaban J connectivity index is 1.71. The van der Waals surface area contributed by atoms with Crippen molar-refractivity contribution in [3.8, 4) is 0 Å². The number of rotatable bonds is 5. The van der Waals surface area contributed by atoms with Gasteiger partial charge in [-0.3, -0.25) is 4.79 Å². The largest absolute Gasteiger partial charge is 0.396 e. The van der Waals surface area contributed by atoms with Gasteiger partial charge in [-0.1, -0.05) is 12.8 Å². The zero-order valence-electron chi connectivity index (χ0n) is 10.5. The highest BCUT2D eigenvalue weighted by Gasteiger charge is 2.33. The third-order valence-electron chi connectivity index (χ3n) is 4.30. The summed E-state index contributed by atoms with van der Waals surface area (Å²) < 4.78 is 0. The normalized spacial score (nSPS) is 27.2. The molecule has 1 amide bonds. The van der Waals surface area contributed by atoms with Gasteiger partial charge in [-0.2, -0.15) is 0 Å². The van der Waals surface area contributed by atoms with Crippen LogP contribution in [0, 0.1) is 11.3 Å². The van der Waals surface area contributed by atoms with E-state index in [0.717, 1.165) is 32.4 Å². The van der Waals surface area contributed by atoms with Crippen molar-refractivity contribution >= 4 is 5.91 Å². The van der Waals surface area contributed by atoms with E-state index in [1.165, 1.54) is 12.8 Å². The van der Waals surface area contributed by atoms with Gasteiger partial charge >= 0.3 is 0 Å². The van der Waals surface area contributed by atoms with Gasteiger partial charge in [0.2, 0.25) is 5.91 Å². The maximum atomic E-state index is 11.8. The molecule has 1 unspecified atom stereocenters. The van der Waals surface area contributed by atoms with E-state index in [0.29, 0.717) is 18.9 Å². The highest BCUT2D eigenvalue weighted by Crippen LogP contribution is 2.36. The van der Waals surface area contributed by atoms with Crippen LogP contribution in [0.5, 0.6) is 0 Å². The van der Waals surface area contributed by atoms with E-state index in [4.69, 9.17) is 0 Å². The fraction of sp³-hybridized carbons (Fsp3) is 0.923. The van der Waals surface area contributed by atoms with Gasteiger partial charge < -0.3 is 15.7 Å². The van der Waals surface area contributed by atoms with E-state index in [2.05, 4.69) is 10.6 Å². The first-order valence-electron chi connectivity index (χ1n) is 6.82. The van der Waals surface area contributed by atoms with Crippen molar-refractivity contribution in [3.05, 3.63) is 0 Å². The van der Waals surface area contributed by atoms with Gasteiger partial charge in [-0.15, -0.1) is 0 Å². The van der Waals surface area contributed by atoms with Crippen LogP contribution < -0.4 is 10.6 Å². The first kappa shape index (κ1) is 12.8. The van der Waals surface area contributed by atoms with Crippen LogP contribution in [-0.2, 0) is 4.79 Å².